The first-order valence-electron chi connectivity index (χ1n) is 6.15. The molecule has 2 aromatic rings. The van der Waals surface area contributed by atoms with Gasteiger partial charge in [0, 0.05) is 0 Å². The molecule has 0 heterocycles. The Morgan fingerprint density at radius 1 is 1.00 bits per heavy atom. The average molecular weight is 342 g/mol. The summed E-state index contributed by atoms with van der Waals surface area (Å²) in [5, 5.41) is 0. The van der Waals surface area contributed by atoms with Gasteiger partial charge in [0.05, 0.1) is 4.47 Å². The van der Waals surface area contributed by atoms with Crippen molar-refractivity contribution in [3.05, 3.63) is 63.6 Å². The van der Waals surface area contributed by atoms with Gasteiger partial charge in [0.15, 0.2) is 11.6 Å². The SMILES string of the molecule is NCCc1ccc(OCc2ccc(F)c(Br)c2)c(F)c1. The number of rotatable bonds is 5. The van der Waals surface area contributed by atoms with Crippen molar-refractivity contribution in [3.8, 4) is 5.75 Å². The van der Waals surface area contributed by atoms with E-state index >= 15 is 0 Å². The molecular weight excluding hydrogens is 328 g/mol. The summed E-state index contributed by atoms with van der Waals surface area (Å²) in [7, 11) is 0. The Hall–Kier alpha value is -1.46. The van der Waals surface area contributed by atoms with Crippen LogP contribution < -0.4 is 10.5 Å². The van der Waals surface area contributed by atoms with Gasteiger partial charge in [0.25, 0.3) is 0 Å². The van der Waals surface area contributed by atoms with Crippen molar-refractivity contribution in [2.75, 3.05) is 6.54 Å². The highest BCUT2D eigenvalue weighted by atomic mass is 79.9. The lowest BCUT2D eigenvalue weighted by Crippen LogP contribution is -2.03. The Kier molecular flexibility index (Phi) is 5.09. The van der Waals surface area contributed by atoms with E-state index in [-0.39, 0.29) is 18.2 Å². The molecule has 2 aromatic carbocycles. The minimum Gasteiger partial charge on any atom is -0.486 e. The molecule has 0 amide bonds. The van der Waals surface area contributed by atoms with Gasteiger partial charge in [-0.2, -0.15) is 0 Å². The van der Waals surface area contributed by atoms with E-state index in [4.69, 9.17) is 10.5 Å². The lowest BCUT2D eigenvalue weighted by Gasteiger charge is -2.09. The maximum Gasteiger partial charge on any atom is 0.165 e. The third-order valence-electron chi connectivity index (χ3n) is 2.81. The minimum atomic E-state index is -0.419. The van der Waals surface area contributed by atoms with Crippen LogP contribution in [0.2, 0.25) is 0 Å². The summed E-state index contributed by atoms with van der Waals surface area (Å²) < 4.78 is 32.6. The number of halogens is 3. The Morgan fingerprint density at radius 3 is 2.40 bits per heavy atom. The van der Waals surface area contributed by atoms with E-state index in [1.54, 1.807) is 24.3 Å². The quantitative estimate of drug-likeness (QED) is 0.897. The second kappa shape index (κ2) is 6.81. The van der Waals surface area contributed by atoms with Crippen molar-refractivity contribution in [2.45, 2.75) is 13.0 Å². The topological polar surface area (TPSA) is 35.2 Å². The fourth-order valence-corrected chi connectivity index (χ4v) is 2.20. The Balaban J connectivity index is 2.05. The molecule has 5 heteroatoms. The lowest BCUT2D eigenvalue weighted by molar-refractivity contribution is 0.290. The smallest absolute Gasteiger partial charge is 0.165 e. The van der Waals surface area contributed by atoms with E-state index < -0.39 is 5.82 Å². The molecule has 2 nitrogen and oxygen atoms in total. The number of hydrogen-bond donors (Lipinski definition) is 1. The molecule has 0 aliphatic carbocycles. The molecule has 0 aromatic heterocycles. The summed E-state index contributed by atoms with van der Waals surface area (Å²) in [4.78, 5) is 0. The van der Waals surface area contributed by atoms with E-state index in [1.807, 2.05) is 0 Å². The zero-order valence-electron chi connectivity index (χ0n) is 10.7. The molecule has 20 heavy (non-hydrogen) atoms. The van der Waals surface area contributed by atoms with Crippen LogP contribution in [-0.4, -0.2) is 6.54 Å². The van der Waals surface area contributed by atoms with Crippen LogP contribution in [0.4, 0.5) is 8.78 Å². The summed E-state index contributed by atoms with van der Waals surface area (Å²) >= 11 is 3.10. The molecule has 0 saturated carbocycles. The summed E-state index contributed by atoms with van der Waals surface area (Å²) in [6.07, 6.45) is 0.627. The third kappa shape index (κ3) is 3.77. The van der Waals surface area contributed by atoms with Crippen LogP contribution in [-0.2, 0) is 13.0 Å². The molecular formula is C15H14BrF2NO. The second-order valence-electron chi connectivity index (χ2n) is 4.34. The van der Waals surface area contributed by atoms with Crippen molar-refractivity contribution in [1.29, 1.82) is 0 Å². The first kappa shape index (κ1) is 14.9. The van der Waals surface area contributed by atoms with Crippen LogP contribution in [0.15, 0.2) is 40.9 Å². The Labute approximate surface area is 124 Å². The highest BCUT2D eigenvalue weighted by Crippen LogP contribution is 2.21. The lowest BCUT2D eigenvalue weighted by atomic mass is 10.1. The average Bonchev–Trinajstić information content (AvgIpc) is 2.42. The number of hydrogen-bond acceptors (Lipinski definition) is 2. The van der Waals surface area contributed by atoms with Crippen LogP contribution in [0.3, 0.4) is 0 Å². The minimum absolute atomic E-state index is 0.172. The van der Waals surface area contributed by atoms with Crippen molar-refractivity contribution in [2.24, 2.45) is 5.73 Å². The molecule has 0 aliphatic rings. The molecule has 0 aliphatic heterocycles. The molecule has 0 bridgehead atoms. The summed E-state index contributed by atoms with van der Waals surface area (Å²) in [5.74, 6) is -0.589. The normalized spacial score (nSPS) is 10.6. The Bertz CT molecular complexity index is 604. The molecule has 0 spiro atoms. The number of nitrogens with two attached hydrogens (primary N) is 1. The highest BCUT2D eigenvalue weighted by Gasteiger charge is 2.06. The number of benzene rings is 2. The molecule has 0 fully saturated rings. The monoisotopic (exact) mass is 341 g/mol. The molecule has 0 atom stereocenters. The van der Waals surface area contributed by atoms with Gasteiger partial charge in [0.2, 0.25) is 0 Å². The Morgan fingerprint density at radius 2 is 1.75 bits per heavy atom. The largest absolute Gasteiger partial charge is 0.486 e. The van der Waals surface area contributed by atoms with Crippen molar-refractivity contribution in [1.82, 2.24) is 0 Å². The standard InChI is InChI=1S/C15H14BrF2NO/c16-12-7-11(1-3-13(12)17)9-20-15-4-2-10(5-6-19)8-14(15)18/h1-4,7-8H,5-6,9,19H2. The fourth-order valence-electron chi connectivity index (χ4n) is 1.77. The first-order chi connectivity index (χ1) is 9.60. The van der Waals surface area contributed by atoms with Crippen LogP contribution in [0.1, 0.15) is 11.1 Å². The van der Waals surface area contributed by atoms with Gasteiger partial charge in [-0.25, -0.2) is 8.78 Å². The summed E-state index contributed by atoms with van der Waals surface area (Å²) in [6.45, 7) is 0.648. The van der Waals surface area contributed by atoms with Gasteiger partial charge in [-0.1, -0.05) is 12.1 Å². The van der Waals surface area contributed by atoms with E-state index in [0.29, 0.717) is 17.4 Å². The van der Waals surface area contributed by atoms with Gasteiger partial charge >= 0.3 is 0 Å². The van der Waals surface area contributed by atoms with Gasteiger partial charge in [0.1, 0.15) is 12.4 Å². The van der Waals surface area contributed by atoms with Crippen molar-refractivity contribution >= 4 is 15.9 Å². The van der Waals surface area contributed by atoms with E-state index in [2.05, 4.69) is 15.9 Å². The molecule has 0 saturated heterocycles. The summed E-state index contributed by atoms with van der Waals surface area (Å²) in [5.41, 5.74) is 7.01. The second-order valence-corrected chi connectivity index (χ2v) is 5.19. The number of ether oxygens (including phenoxy) is 1. The predicted molar refractivity (Wildman–Crippen MR) is 77.6 cm³/mol. The maximum atomic E-state index is 13.8. The van der Waals surface area contributed by atoms with Crippen LogP contribution in [0.25, 0.3) is 0 Å². The van der Waals surface area contributed by atoms with E-state index in [1.165, 1.54) is 12.1 Å². The third-order valence-corrected chi connectivity index (χ3v) is 3.42. The molecule has 106 valence electrons. The van der Waals surface area contributed by atoms with Gasteiger partial charge in [-0.05, 0) is 64.3 Å². The molecule has 0 unspecified atom stereocenters. The molecule has 2 N–H and O–H groups in total. The summed E-state index contributed by atoms with van der Waals surface area (Å²) in [6, 6.07) is 9.33. The van der Waals surface area contributed by atoms with Crippen molar-refractivity contribution in [3.63, 3.8) is 0 Å². The maximum absolute atomic E-state index is 13.8. The fraction of sp³-hybridized carbons (Fsp3) is 0.200. The molecule has 0 radical (unpaired) electrons. The van der Waals surface area contributed by atoms with E-state index in [0.717, 1.165) is 11.1 Å². The molecule has 2 rings (SSSR count). The van der Waals surface area contributed by atoms with Gasteiger partial charge in [-0.3, -0.25) is 0 Å². The van der Waals surface area contributed by atoms with Gasteiger partial charge in [-0.15, -0.1) is 0 Å². The first-order valence-corrected chi connectivity index (χ1v) is 6.94. The van der Waals surface area contributed by atoms with E-state index in [9.17, 15) is 8.78 Å². The van der Waals surface area contributed by atoms with Gasteiger partial charge < -0.3 is 10.5 Å². The zero-order valence-corrected chi connectivity index (χ0v) is 12.3. The van der Waals surface area contributed by atoms with Crippen molar-refractivity contribution < 1.29 is 13.5 Å². The predicted octanol–water partition coefficient (Wildman–Crippen LogP) is 3.81. The van der Waals surface area contributed by atoms with Crippen LogP contribution in [0, 0.1) is 11.6 Å². The zero-order chi connectivity index (χ0) is 14.5. The van der Waals surface area contributed by atoms with Crippen LogP contribution >= 0.6 is 15.9 Å². The van der Waals surface area contributed by atoms with Crippen LogP contribution in [0.5, 0.6) is 5.75 Å². The highest BCUT2D eigenvalue weighted by molar-refractivity contribution is 9.10.